The quantitative estimate of drug-likeness (QED) is 0.348. The van der Waals surface area contributed by atoms with Crippen molar-refractivity contribution in [3.05, 3.63) is 0 Å². The molecule has 15 heavy (non-hydrogen) atoms. The molecule has 0 unspecified atom stereocenters. The smallest absolute Gasteiger partial charge is 0 e. The predicted octanol–water partition coefficient (Wildman–Crippen LogP) is 0.843. The van der Waals surface area contributed by atoms with Crippen LogP contribution in [0.2, 0.25) is 0 Å². The molecule has 5 N–H and O–H groups in total. The maximum Gasteiger partial charge on any atom is 0 e. The van der Waals surface area contributed by atoms with Crippen molar-refractivity contribution in [3.63, 3.8) is 0 Å². The van der Waals surface area contributed by atoms with Gasteiger partial charge in [-0.25, -0.2) is 0 Å². The number of unbranched alkanes of at least 4 members (excludes halogenated alkanes) is 5. The van der Waals surface area contributed by atoms with Crippen molar-refractivity contribution < 1.29 is 0 Å². The van der Waals surface area contributed by atoms with Gasteiger partial charge in [-0.15, -0.1) is 0 Å². The van der Waals surface area contributed by atoms with Crippen molar-refractivity contribution in [1.82, 2.24) is 5.32 Å². The second-order valence-corrected chi connectivity index (χ2v) is 3.80. The molecule has 0 fully saturated rings. The zero-order chi connectivity index (χ0) is 10.5. The Bertz CT molecular complexity index is 89.8. The van der Waals surface area contributed by atoms with Crippen LogP contribution in [-0.4, -0.2) is 45.0 Å². The van der Waals surface area contributed by atoms with Crippen LogP contribution in [0, 0.1) is 0 Å². The summed E-state index contributed by atoms with van der Waals surface area (Å²) in [5.74, 6) is 0. The molecule has 0 aliphatic carbocycles. The molecule has 0 heterocycles. The van der Waals surface area contributed by atoms with Crippen molar-refractivity contribution in [3.8, 4) is 0 Å². The van der Waals surface area contributed by atoms with E-state index in [1.54, 1.807) is 0 Å². The summed E-state index contributed by atoms with van der Waals surface area (Å²) >= 11 is 0. The first-order valence-corrected chi connectivity index (χ1v) is 6.02. The molecule has 0 aromatic heterocycles. The first-order chi connectivity index (χ1) is 6.91. The number of hydrogen-bond donors (Lipinski definition) is 3. The van der Waals surface area contributed by atoms with Crippen LogP contribution < -0.4 is 16.8 Å². The third-order valence-electron chi connectivity index (χ3n) is 2.37. The summed E-state index contributed by atoms with van der Waals surface area (Å²) in [6.45, 7) is 3.98. The van der Waals surface area contributed by atoms with Crippen LogP contribution in [-0.2, 0) is 0 Å². The molecule has 0 bridgehead atoms. The van der Waals surface area contributed by atoms with E-state index in [0.717, 1.165) is 32.6 Å². The van der Waals surface area contributed by atoms with E-state index < -0.39 is 0 Å². The van der Waals surface area contributed by atoms with E-state index in [1.807, 2.05) is 0 Å². The van der Waals surface area contributed by atoms with Crippen LogP contribution >= 0.6 is 0 Å². The van der Waals surface area contributed by atoms with E-state index in [4.69, 9.17) is 11.5 Å². The van der Waals surface area contributed by atoms with Crippen LogP contribution in [0.3, 0.4) is 0 Å². The van der Waals surface area contributed by atoms with Gasteiger partial charge in [0.05, 0.1) is 0 Å². The normalized spacial score (nSPS) is 10.0. The van der Waals surface area contributed by atoms with Crippen LogP contribution in [0.5, 0.6) is 0 Å². The zero-order valence-corrected chi connectivity index (χ0v) is 10.4. The second kappa shape index (κ2) is 16.9. The van der Waals surface area contributed by atoms with E-state index in [1.165, 1.54) is 38.5 Å². The van der Waals surface area contributed by atoms with E-state index in [-0.39, 0.29) is 18.9 Å². The number of nitrogens with one attached hydrogen (secondary N) is 1. The SMILES string of the molecule is NCCCCCCNCCCCCN.[Li]. The first kappa shape index (κ1) is 17.9. The number of nitrogens with two attached hydrogens (primary N) is 2. The molecule has 0 atom stereocenters. The molecule has 0 aromatic carbocycles. The molecule has 0 saturated heterocycles. The molecule has 3 nitrogen and oxygen atoms in total. The Balaban J connectivity index is 0. The molecule has 0 rings (SSSR count). The molecule has 0 saturated carbocycles. The Morgan fingerprint density at radius 2 is 1.00 bits per heavy atom. The molecule has 0 amide bonds. The molecule has 1 radical (unpaired) electrons. The van der Waals surface area contributed by atoms with Crippen LogP contribution in [0.4, 0.5) is 0 Å². The molecule has 0 aromatic rings. The molecule has 0 aliphatic heterocycles. The van der Waals surface area contributed by atoms with Gasteiger partial charge >= 0.3 is 0 Å². The van der Waals surface area contributed by atoms with Gasteiger partial charge < -0.3 is 16.8 Å². The van der Waals surface area contributed by atoms with Crippen molar-refractivity contribution in [2.75, 3.05) is 26.2 Å². The van der Waals surface area contributed by atoms with Crippen molar-refractivity contribution in [2.45, 2.75) is 44.9 Å². The third kappa shape index (κ3) is 17.1. The minimum Gasteiger partial charge on any atom is -0.330 e. The summed E-state index contributed by atoms with van der Waals surface area (Å²) in [5, 5.41) is 3.45. The minimum atomic E-state index is 0. The van der Waals surface area contributed by atoms with E-state index >= 15 is 0 Å². The van der Waals surface area contributed by atoms with Gasteiger partial charge in [0.15, 0.2) is 0 Å². The maximum atomic E-state index is 5.41. The van der Waals surface area contributed by atoms with Crippen LogP contribution in [0.15, 0.2) is 0 Å². The number of rotatable bonds is 11. The summed E-state index contributed by atoms with van der Waals surface area (Å²) in [6.07, 6.45) is 8.75. The Kier molecular flexibility index (Phi) is 20.1. The Morgan fingerprint density at radius 3 is 1.47 bits per heavy atom. The zero-order valence-electron chi connectivity index (χ0n) is 10.4. The van der Waals surface area contributed by atoms with E-state index in [9.17, 15) is 0 Å². The van der Waals surface area contributed by atoms with E-state index in [0.29, 0.717) is 0 Å². The fourth-order valence-corrected chi connectivity index (χ4v) is 1.44. The van der Waals surface area contributed by atoms with Crippen molar-refractivity contribution in [1.29, 1.82) is 0 Å². The van der Waals surface area contributed by atoms with Gasteiger partial charge in [-0.1, -0.05) is 19.3 Å². The van der Waals surface area contributed by atoms with Crippen molar-refractivity contribution >= 4 is 18.9 Å². The second-order valence-electron chi connectivity index (χ2n) is 3.80. The Hall–Kier alpha value is 0.477. The first-order valence-electron chi connectivity index (χ1n) is 6.02. The molecule has 87 valence electrons. The summed E-state index contributed by atoms with van der Waals surface area (Å²) in [6, 6.07) is 0. The fraction of sp³-hybridized carbons (Fsp3) is 1.00. The average molecular weight is 208 g/mol. The minimum absolute atomic E-state index is 0. The Labute approximate surface area is 107 Å². The number of hydrogen-bond acceptors (Lipinski definition) is 3. The van der Waals surface area contributed by atoms with Crippen LogP contribution in [0.25, 0.3) is 0 Å². The maximum absolute atomic E-state index is 5.41. The molecular formula is C11H27LiN3. The molecular weight excluding hydrogens is 181 g/mol. The summed E-state index contributed by atoms with van der Waals surface area (Å²) in [4.78, 5) is 0. The van der Waals surface area contributed by atoms with Gasteiger partial charge in [-0.05, 0) is 51.9 Å². The van der Waals surface area contributed by atoms with Gasteiger partial charge in [0.1, 0.15) is 0 Å². The summed E-state index contributed by atoms with van der Waals surface area (Å²) in [5.41, 5.74) is 10.8. The molecule has 0 spiro atoms. The standard InChI is InChI=1S/C11H27N3.Li/c12-8-4-1-2-6-10-14-11-7-3-5-9-13;/h14H,1-13H2;. The van der Waals surface area contributed by atoms with Gasteiger partial charge in [-0.2, -0.15) is 0 Å². The van der Waals surface area contributed by atoms with Crippen molar-refractivity contribution in [2.24, 2.45) is 11.5 Å². The van der Waals surface area contributed by atoms with Gasteiger partial charge in [-0.3, -0.25) is 0 Å². The monoisotopic (exact) mass is 208 g/mol. The topological polar surface area (TPSA) is 64.1 Å². The van der Waals surface area contributed by atoms with Gasteiger partial charge in [0.25, 0.3) is 0 Å². The van der Waals surface area contributed by atoms with Gasteiger partial charge in [0, 0.05) is 18.9 Å². The molecule has 0 aliphatic rings. The predicted molar refractivity (Wildman–Crippen MR) is 69.1 cm³/mol. The average Bonchev–Trinajstić information content (AvgIpc) is 2.21. The van der Waals surface area contributed by atoms with E-state index in [2.05, 4.69) is 5.32 Å². The summed E-state index contributed by atoms with van der Waals surface area (Å²) < 4.78 is 0. The van der Waals surface area contributed by atoms with Gasteiger partial charge in [0.2, 0.25) is 0 Å². The fourth-order valence-electron chi connectivity index (χ4n) is 1.44. The third-order valence-corrected chi connectivity index (χ3v) is 2.37. The Morgan fingerprint density at radius 1 is 0.600 bits per heavy atom. The summed E-state index contributed by atoms with van der Waals surface area (Å²) in [7, 11) is 0. The van der Waals surface area contributed by atoms with Crippen LogP contribution in [0.1, 0.15) is 44.9 Å². The largest absolute Gasteiger partial charge is 0.330 e. The molecule has 4 heteroatoms.